The van der Waals surface area contributed by atoms with Gasteiger partial charge in [-0.25, -0.2) is 13.4 Å². The topological polar surface area (TPSA) is 71.1 Å². The normalized spacial score (nSPS) is 11.2. The number of benzene rings is 2. The minimum absolute atomic E-state index is 0.265. The minimum Gasteiger partial charge on any atom is -0.366 e. The molecule has 2 aromatic carbocycles. The molecule has 1 heterocycles. The molecule has 0 aliphatic rings. The number of aromatic nitrogens is 1. The maximum Gasteiger partial charge on any atom is 0.262 e. The molecule has 6 heteroatoms. The Balaban J connectivity index is 1.66. The lowest BCUT2D eigenvalue weighted by atomic mass is 10.1. The van der Waals surface area contributed by atoms with Crippen LogP contribution >= 0.6 is 0 Å². The number of pyridine rings is 1. The summed E-state index contributed by atoms with van der Waals surface area (Å²) in [5.74, 6) is 0.685. The Hall–Kier alpha value is -2.86. The molecule has 0 unspecified atom stereocenters. The average molecular weight is 367 g/mol. The average Bonchev–Trinajstić information content (AvgIpc) is 2.62. The minimum atomic E-state index is -3.63. The van der Waals surface area contributed by atoms with Gasteiger partial charge >= 0.3 is 0 Å². The van der Waals surface area contributed by atoms with E-state index in [1.165, 1.54) is 11.8 Å². The summed E-state index contributed by atoms with van der Waals surface area (Å²) in [6, 6.07) is 18.6. The van der Waals surface area contributed by atoms with Crippen molar-refractivity contribution in [2.45, 2.75) is 25.3 Å². The molecule has 0 spiro atoms. The molecule has 134 valence electrons. The second-order valence-corrected chi connectivity index (χ2v) is 7.79. The van der Waals surface area contributed by atoms with E-state index in [9.17, 15) is 8.42 Å². The number of sulfonamides is 1. The van der Waals surface area contributed by atoms with Crippen molar-refractivity contribution in [2.24, 2.45) is 0 Å². The van der Waals surface area contributed by atoms with E-state index in [0.29, 0.717) is 23.6 Å². The first-order chi connectivity index (χ1) is 12.4. The zero-order valence-corrected chi connectivity index (χ0v) is 15.5. The van der Waals surface area contributed by atoms with E-state index in [1.807, 2.05) is 6.07 Å². The van der Waals surface area contributed by atoms with Crippen molar-refractivity contribution in [1.29, 1.82) is 0 Å². The SMILES string of the molecule is Cc1ccc(CNc2ccc(NS(=O)(=O)c3ccccc3C)cn2)cc1. The molecule has 1 aromatic heterocycles. The predicted octanol–water partition coefficient (Wildman–Crippen LogP) is 4.11. The van der Waals surface area contributed by atoms with Gasteiger partial charge in [-0.1, -0.05) is 48.0 Å². The molecule has 0 aliphatic carbocycles. The van der Waals surface area contributed by atoms with Crippen molar-refractivity contribution in [1.82, 2.24) is 4.98 Å². The molecule has 0 bridgehead atoms. The Bertz CT molecular complexity index is 982. The molecule has 0 fully saturated rings. The number of nitrogens with zero attached hydrogens (tertiary/aromatic N) is 1. The monoisotopic (exact) mass is 367 g/mol. The first-order valence-corrected chi connectivity index (χ1v) is 9.76. The van der Waals surface area contributed by atoms with Gasteiger partial charge in [0.15, 0.2) is 0 Å². The van der Waals surface area contributed by atoms with Gasteiger partial charge in [0.05, 0.1) is 16.8 Å². The molecular formula is C20H21N3O2S. The summed E-state index contributed by atoms with van der Waals surface area (Å²) in [5.41, 5.74) is 3.50. The third kappa shape index (κ3) is 4.40. The molecule has 5 nitrogen and oxygen atoms in total. The summed E-state index contributed by atoms with van der Waals surface area (Å²) < 4.78 is 27.5. The van der Waals surface area contributed by atoms with Gasteiger partial charge in [-0.2, -0.15) is 0 Å². The van der Waals surface area contributed by atoms with E-state index < -0.39 is 10.0 Å². The van der Waals surface area contributed by atoms with Crippen LogP contribution in [0.2, 0.25) is 0 Å². The highest BCUT2D eigenvalue weighted by atomic mass is 32.2. The van der Waals surface area contributed by atoms with Crippen molar-refractivity contribution >= 4 is 21.5 Å². The van der Waals surface area contributed by atoms with Gasteiger partial charge in [0.1, 0.15) is 5.82 Å². The summed E-state index contributed by atoms with van der Waals surface area (Å²) in [5, 5.41) is 3.22. The van der Waals surface area contributed by atoms with Crippen molar-refractivity contribution in [3.8, 4) is 0 Å². The van der Waals surface area contributed by atoms with E-state index in [4.69, 9.17) is 0 Å². The van der Waals surface area contributed by atoms with Crippen LogP contribution in [0.3, 0.4) is 0 Å². The third-order valence-electron chi connectivity index (χ3n) is 3.99. The quantitative estimate of drug-likeness (QED) is 0.688. The molecular weight excluding hydrogens is 346 g/mol. The van der Waals surface area contributed by atoms with Crippen LogP contribution in [-0.4, -0.2) is 13.4 Å². The zero-order valence-electron chi connectivity index (χ0n) is 14.7. The molecule has 0 saturated carbocycles. The third-order valence-corrected chi connectivity index (χ3v) is 5.53. The molecule has 3 aromatic rings. The Morgan fingerprint density at radius 2 is 1.65 bits per heavy atom. The largest absolute Gasteiger partial charge is 0.366 e. The van der Waals surface area contributed by atoms with Crippen LogP contribution in [0, 0.1) is 13.8 Å². The smallest absolute Gasteiger partial charge is 0.262 e. The maximum atomic E-state index is 12.5. The molecule has 0 atom stereocenters. The van der Waals surface area contributed by atoms with E-state index >= 15 is 0 Å². The Morgan fingerprint density at radius 1 is 0.923 bits per heavy atom. The second-order valence-electron chi connectivity index (χ2n) is 6.14. The molecule has 3 rings (SSSR count). The first-order valence-electron chi connectivity index (χ1n) is 8.28. The summed E-state index contributed by atoms with van der Waals surface area (Å²) in [6.07, 6.45) is 1.51. The van der Waals surface area contributed by atoms with Gasteiger partial charge in [0.2, 0.25) is 0 Å². The van der Waals surface area contributed by atoms with Crippen LogP contribution in [0.1, 0.15) is 16.7 Å². The second kappa shape index (κ2) is 7.58. The molecule has 26 heavy (non-hydrogen) atoms. The Labute approximate surface area is 154 Å². The fraction of sp³-hybridized carbons (Fsp3) is 0.150. The van der Waals surface area contributed by atoms with Crippen molar-refractivity contribution in [3.05, 3.63) is 83.6 Å². The fourth-order valence-corrected chi connectivity index (χ4v) is 3.82. The van der Waals surface area contributed by atoms with Crippen molar-refractivity contribution in [2.75, 3.05) is 10.0 Å². The van der Waals surface area contributed by atoms with Crippen LogP contribution in [-0.2, 0) is 16.6 Å². The highest BCUT2D eigenvalue weighted by molar-refractivity contribution is 7.92. The highest BCUT2D eigenvalue weighted by Gasteiger charge is 2.16. The van der Waals surface area contributed by atoms with Gasteiger partial charge in [-0.15, -0.1) is 0 Å². The van der Waals surface area contributed by atoms with Crippen molar-refractivity contribution in [3.63, 3.8) is 0 Å². The number of nitrogens with one attached hydrogen (secondary N) is 2. The molecule has 0 saturated heterocycles. The van der Waals surface area contributed by atoms with Crippen molar-refractivity contribution < 1.29 is 8.42 Å². The lowest BCUT2D eigenvalue weighted by Crippen LogP contribution is -2.14. The number of rotatable bonds is 6. The fourth-order valence-electron chi connectivity index (χ4n) is 2.53. The summed E-state index contributed by atoms with van der Waals surface area (Å²) in [6.45, 7) is 4.47. The molecule has 2 N–H and O–H groups in total. The number of hydrogen-bond acceptors (Lipinski definition) is 4. The summed E-state index contributed by atoms with van der Waals surface area (Å²) >= 11 is 0. The van der Waals surface area contributed by atoms with Gasteiger partial charge in [-0.05, 0) is 43.2 Å². The van der Waals surface area contributed by atoms with E-state index in [1.54, 1.807) is 37.3 Å². The standard InChI is InChI=1S/C20H21N3O2S/c1-15-7-9-17(10-8-15)13-21-20-12-11-18(14-22-20)23-26(24,25)19-6-4-3-5-16(19)2/h3-12,14,23H,13H2,1-2H3,(H,21,22). The van der Waals surface area contributed by atoms with Gasteiger partial charge < -0.3 is 5.32 Å². The molecule has 0 aliphatic heterocycles. The van der Waals surface area contributed by atoms with Crippen LogP contribution in [0.5, 0.6) is 0 Å². The van der Waals surface area contributed by atoms with Gasteiger partial charge in [-0.3, -0.25) is 4.72 Å². The van der Waals surface area contributed by atoms with E-state index in [2.05, 4.69) is 46.2 Å². The lowest BCUT2D eigenvalue weighted by molar-refractivity contribution is 0.600. The van der Waals surface area contributed by atoms with E-state index in [0.717, 1.165) is 5.56 Å². The van der Waals surface area contributed by atoms with Gasteiger partial charge in [0.25, 0.3) is 10.0 Å². The van der Waals surface area contributed by atoms with Crippen LogP contribution in [0.4, 0.5) is 11.5 Å². The first kappa shape index (κ1) is 17.9. The number of aryl methyl sites for hydroxylation is 2. The summed E-state index contributed by atoms with van der Waals surface area (Å²) in [7, 11) is -3.63. The van der Waals surface area contributed by atoms with Crippen LogP contribution in [0.15, 0.2) is 71.8 Å². The van der Waals surface area contributed by atoms with Crippen LogP contribution < -0.4 is 10.0 Å². The Kier molecular flexibility index (Phi) is 5.23. The van der Waals surface area contributed by atoms with Gasteiger partial charge in [0, 0.05) is 6.54 Å². The maximum absolute atomic E-state index is 12.5. The number of hydrogen-bond donors (Lipinski definition) is 2. The number of anilines is 2. The lowest BCUT2D eigenvalue weighted by Gasteiger charge is -2.11. The Morgan fingerprint density at radius 3 is 2.31 bits per heavy atom. The molecule has 0 amide bonds. The summed E-state index contributed by atoms with van der Waals surface area (Å²) in [4.78, 5) is 4.54. The highest BCUT2D eigenvalue weighted by Crippen LogP contribution is 2.19. The zero-order chi connectivity index (χ0) is 18.6. The predicted molar refractivity (Wildman–Crippen MR) is 105 cm³/mol. The van der Waals surface area contributed by atoms with E-state index in [-0.39, 0.29) is 4.90 Å². The van der Waals surface area contributed by atoms with Crippen LogP contribution in [0.25, 0.3) is 0 Å². The molecule has 0 radical (unpaired) electrons.